The zero-order valence-electron chi connectivity index (χ0n) is 11.0. The number of hydrogen-bond donors (Lipinski definition) is 2. The molecule has 0 radical (unpaired) electrons. The van der Waals surface area contributed by atoms with Crippen molar-refractivity contribution in [3.63, 3.8) is 0 Å². The molecule has 0 aromatic rings. The van der Waals surface area contributed by atoms with Gasteiger partial charge in [0.15, 0.2) is 0 Å². The molecule has 0 heterocycles. The van der Waals surface area contributed by atoms with Gasteiger partial charge >= 0.3 is 0 Å². The van der Waals surface area contributed by atoms with E-state index in [1.807, 2.05) is 0 Å². The highest BCUT2D eigenvalue weighted by molar-refractivity contribution is 5.75. The second-order valence-electron chi connectivity index (χ2n) is 6.00. The molecule has 0 aliphatic heterocycles. The van der Waals surface area contributed by atoms with Crippen LogP contribution in [0.25, 0.3) is 0 Å². The Morgan fingerprint density at radius 1 is 1.47 bits per heavy atom. The third-order valence-electron chi connectivity index (χ3n) is 4.80. The standard InChI is InChI=1S/C13H25N3O/c1-9(5-13(17)15-14)16(2)8-12-7-10-3-4-11(12)6-10/h9-12H,3-8,14H2,1-2H3,(H,15,17). The lowest BCUT2D eigenvalue weighted by atomic mass is 9.88. The molecule has 4 nitrogen and oxygen atoms in total. The summed E-state index contributed by atoms with van der Waals surface area (Å²) in [5, 5.41) is 0. The van der Waals surface area contributed by atoms with E-state index in [4.69, 9.17) is 5.84 Å². The van der Waals surface area contributed by atoms with Crippen molar-refractivity contribution in [1.82, 2.24) is 10.3 Å². The van der Waals surface area contributed by atoms with Gasteiger partial charge in [-0.25, -0.2) is 5.84 Å². The maximum atomic E-state index is 11.2. The van der Waals surface area contributed by atoms with E-state index in [1.165, 1.54) is 25.7 Å². The number of carbonyl (C=O) groups excluding carboxylic acids is 1. The molecule has 98 valence electrons. The number of hydrazine groups is 1. The van der Waals surface area contributed by atoms with Crippen LogP contribution in [0.4, 0.5) is 0 Å². The summed E-state index contributed by atoms with van der Waals surface area (Å²) in [6.07, 6.45) is 6.24. The average Bonchev–Trinajstić information content (AvgIpc) is 2.90. The Morgan fingerprint density at radius 3 is 2.76 bits per heavy atom. The topological polar surface area (TPSA) is 58.4 Å². The van der Waals surface area contributed by atoms with E-state index in [2.05, 4.69) is 24.3 Å². The van der Waals surface area contributed by atoms with Gasteiger partial charge in [0.25, 0.3) is 0 Å². The predicted molar refractivity (Wildman–Crippen MR) is 68.0 cm³/mol. The number of amides is 1. The second kappa shape index (κ2) is 5.36. The van der Waals surface area contributed by atoms with Gasteiger partial charge in [-0.1, -0.05) is 6.42 Å². The van der Waals surface area contributed by atoms with Crippen LogP contribution < -0.4 is 11.3 Å². The van der Waals surface area contributed by atoms with Crippen LogP contribution in [0.1, 0.15) is 39.0 Å². The fraction of sp³-hybridized carbons (Fsp3) is 0.923. The number of nitrogens with two attached hydrogens (primary N) is 1. The molecular weight excluding hydrogens is 214 g/mol. The summed E-state index contributed by atoms with van der Waals surface area (Å²) < 4.78 is 0. The minimum Gasteiger partial charge on any atom is -0.303 e. The van der Waals surface area contributed by atoms with Crippen LogP contribution in [0.15, 0.2) is 0 Å². The van der Waals surface area contributed by atoms with Gasteiger partial charge in [0.2, 0.25) is 5.91 Å². The summed E-state index contributed by atoms with van der Waals surface area (Å²) >= 11 is 0. The smallest absolute Gasteiger partial charge is 0.235 e. The normalized spacial score (nSPS) is 33.1. The Morgan fingerprint density at radius 2 is 2.24 bits per heavy atom. The fourth-order valence-electron chi connectivity index (χ4n) is 3.63. The number of fused-ring (bicyclic) bond motifs is 2. The highest BCUT2D eigenvalue weighted by Crippen LogP contribution is 2.48. The van der Waals surface area contributed by atoms with Crippen molar-refractivity contribution in [2.75, 3.05) is 13.6 Å². The first-order valence-corrected chi connectivity index (χ1v) is 6.79. The molecule has 3 N–H and O–H groups in total. The van der Waals surface area contributed by atoms with Gasteiger partial charge in [0.05, 0.1) is 0 Å². The monoisotopic (exact) mass is 239 g/mol. The van der Waals surface area contributed by atoms with Crippen molar-refractivity contribution >= 4 is 5.91 Å². The van der Waals surface area contributed by atoms with E-state index in [0.29, 0.717) is 6.42 Å². The summed E-state index contributed by atoms with van der Waals surface area (Å²) in [6, 6.07) is 0.276. The van der Waals surface area contributed by atoms with Crippen LogP contribution in [0.3, 0.4) is 0 Å². The van der Waals surface area contributed by atoms with Gasteiger partial charge in [-0.15, -0.1) is 0 Å². The second-order valence-corrected chi connectivity index (χ2v) is 6.00. The lowest BCUT2D eigenvalue weighted by Gasteiger charge is -2.30. The number of hydrogen-bond acceptors (Lipinski definition) is 3. The third kappa shape index (κ3) is 2.99. The molecule has 4 atom stereocenters. The van der Waals surface area contributed by atoms with Crippen LogP contribution in [0.5, 0.6) is 0 Å². The first-order chi connectivity index (χ1) is 8.10. The first-order valence-electron chi connectivity index (χ1n) is 6.79. The van der Waals surface area contributed by atoms with Crippen molar-refractivity contribution < 1.29 is 4.79 Å². The first kappa shape index (κ1) is 12.8. The number of rotatable bonds is 5. The lowest BCUT2D eigenvalue weighted by Crippen LogP contribution is -2.40. The Labute approximate surface area is 104 Å². The van der Waals surface area contributed by atoms with Gasteiger partial charge in [0.1, 0.15) is 0 Å². The van der Waals surface area contributed by atoms with Gasteiger partial charge in [-0.3, -0.25) is 10.2 Å². The minimum absolute atomic E-state index is 0.0720. The molecule has 2 bridgehead atoms. The van der Waals surface area contributed by atoms with Crippen LogP contribution in [-0.2, 0) is 4.79 Å². The molecule has 0 aromatic carbocycles. The van der Waals surface area contributed by atoms with Crippen molar-refractivity contribution in [3.8, 4) is 0 Å². The molecule has 2 saturated carbocycles. The van der Waals surface area contributed by atoms with Crippen molar-refractivity contribution in [2.24, 2.45) is 23.6 Å². The zero-order chi connectivity index (χ0) is 12.4. The van der Waals surface area contributed by atoms with E-state index < -0.39 is 0 Å². The summed E-state index contributed by atoms with van der Waals surface area (Å²) in [7, 11) is 2.13. The highest BCUT2D eigenvalue weighted by Gasteiger charge is 2.39. The summed E-state index contributed by atoms with van der Waals surface area (Å²) in [4.78, 5) is 13.5. The summed E-state index contributed by atoms with van der Waals surface area (Å²) in [5.74, 6) is 7.86. The molecule has 0 aromatic heterocycles. The maximum Gasteiger partial charge on any atom is 0.235 e. The molecule has 0 spiro atoms. The molecule has 4 heteroatoms. The van der Waals surface area contributed by atoms with Gasteiger partial charge < -0.3 is 4.90 Å². The van der Waals surface area contributed by atoms with Crippen LogP contribution in [0, 0.1) is 17.8 Å². The highest BCUT2D eigenvalue weighted by atomic mass is 16.2. The zero-order valence-corrected chi connectivity index (χ0v) is 11.0. The summed E-state index contributed by atoms with van der Waals surface area (Å²) in [6.45, 7) is 3.24. The van der Waals surface area contributed by atoms with E-state index >= 15 is 0 Å². The minimum atomic E-state index is -0.0720. The maximum absolute atomic E-state index is 11.2. The van der Waals surface area contributed by atoms with E-state index in [0.717, 1.165) is 24.3 Å². The molecule has 2 aliphatic rings. The molecule has 4 unspecified atom stereocenters. The van der Waals surface area contributed by atoms with Crippen LogP contribution >= 0.6 is 0 Å². The van der Waals surface area contributed by atoms with Crippen LogP contribution in [0.2, 0.25) is 0 Å². The molecule has 2 rings (SSSR count). The average molecular weight is 239 g/mol. The molecular formula is C13H25N3O. The SMILES string of the molecule is CC(CC(=O)NN)N(C)CC1CC2CCC1C2. The van der Waals surface area contributed by atoms with Gasteiger partial charge in [-0.2, -0.15) is 0 Å². The summed E-state index contributed by atoms with van der Waals surface area (Å²) in [5.41, 5.74) is 2.21. The lowest BCUT2D eigenvalue weighted by molar-refractivity contribution is -0.122. The third-order valence-corrected chi connectivity index (χ3v) is 4.80. The fourth-order valence-corrected chi connectivity index (χ4v) is 3.63. The van der Waals surface area contributed by atoms with Crippen molar-refractivity contribution in [3.05, 3.63) is 0 Å². The van der Waals surface area contributed by atoms with Gasteiger partial charge in [0, 0.05) is 19.0 Å². The molecule has 2 fully saturated rings. The van der Waals surface area contributed by atoms with E-state index in [1.54, 1.807) is 0 Å². The Kier molecular flexibility index (Phi) is 4.05. The molecule has 17 heavy (non-hydrogen) atoms. The van der Waals surface area contributed by atoms with Crippen LogP contribution in [-0.4, -0.2) is 30.4 Å². The largest absolute Gasteiger partial charge is 0.303 e. The van der Waals surface area contributed by atoms with Crippen molar-refractivity contribution in [1.29, 1.82) is 0 Å². The molecule has 2 aliphatic carbocycles. The Balaban J connectivity index is 1.76. The Bertz CT molecular complexity index is 282. The molecule has 0 saturated heterocycles. The van der Waals surface area contributed by atoms with Crippen molar-refractivity contribution in [2.45, 2.75) is 45.1 Å². The van der Waals surface area contributed by atoms with Gasteiger partial charge in [-0.05, 0) is 51.0 Å². The Hall–Kier alpha value is -0.610. The quantitative estimate of drug-likeness (QED) is 0.429. The number of nitrogens with one attached hydrogen (secondary N) is 1. The number of carbonyl (C=O) groups is 1. The molecule has 1 amide bonds. The van der Waals surface area contributed by atoms with E-state index in [9.17, 15) is 4.79 Å². The predicted octanol–water partition coefficient (Wildman–Crippen LogP) is 1.12. The van der Waals surface area contributed by atoms with E-state index in [-0.39, 0.29) is 11.9 Å². The number of nitrogens with zero attached hydrogens (tertiary/aromatic N) is 1.